The molecule has 6 nitrogen and oxygen atoms in total. The molecule has 0 heterocycles. The molecule has 0 fully saturated rings. The third-order valence-electron chi connectivity index (χ3n) is 3.21. The van der Waals surface area contributed by atoms with Gasteiger partial charge in [0.25, 0.3) is 11.8 Å². The molecule has 1 atom stereocenters. The molecular weight excluding hydrogens is 332 g/mol. The van der Waals surface area contributed by atoms with Gasteiger partial charge >= 0.3 is 6.61 Å². The second-order valence-corrected chi connectivity index (χ2v) is 6.68. The molecule has 25 heavy (non-hydrogen) atoms. The number of para-hydroxylation sites is 2. The van der Waals surface area contributed by atoms with Gasteiger partial charge in [0.1, 0.15) is 5.75 Å². The number of benzene rings is 1. The van der Waals surface area contributed by atoms with Gasteiger partial charge in [-0.25, -0.2) is 0 Å². The average Bonchev–Trinajstić information content (AvgIpc) is 2.46. The Hall–Kier alpha value is -2.22. The number of likely N-dealkylation sites (N-methyl/N-ethyl adjacent to an activating group) is 1. The summed E-state index contributed by atoms with van der Waals surface area (Å²) >= 11 is 0. The molecule has 140 valence electrons. The smallest absolute Gasteiger partial charge is 0.387 e. The second-order valence-electron chi connectivity index (χ2n) is 6.68. The van der Waals surface area contributed by atoms with Gasteiger partial charge in [-0.1, -0.05) is 12.1 Å². The van der Waals surface area contributed by atoms with Crippen molar-refractivity contribution in [3.8, 4) is 5.75 Å². The highest BCUT2D eigenvalue weighted by Gasteiger charge is 2.21. The topological polar surface area (TPSA) is 71.9 Å². The van der Waals surface area contributed by atoms with Crippen LogP contribution in [-0.2, 0) is 9.59 Å². The fourth-order valence-electron chi connectivity index (χ4n) is 2.19. The van der Waals surface area contributed by atoms with E-state index in [1.165, 1.54) is 18.2 Å². The van der Waals surface area contributed by atoms with Gasteiger partial charge in [0, 0.05) is 5.54 Å². The Balaban J connectivity index is 2.64. The Kier molecular flexibility index (Phi) is 7.76. The van der Waals surface area contributed by atoms with E-state index in [1.54, 1.807) is 6.07 Å². The van der Waals surface area contributed by atoms with E-state index in [2.05, 4.69) is 15.4 Å². The van der Waals surface area contributed by atoms with E-state index in [1.807, 2.05) is 27.7 Å². The zero-order valence-electron chi connectivity index (χ0n) is 15.0. The normalized spacial score (nSPS) is 12.6. The van der Waals surface area contributed by atoms with Gasteiger partial charge in [0.2, 0.25) is 0 Å². The Morgan fingerprint density at radius 3 is 2.32 bits per heavy atom. The molecule has 1 rings (SSSR count). The number of halogens is 2. The molecule has 0 aromatic heterocycles. The molecule has 8 heteroatoms. The Morgan fingerprint density at radius 1 is 1.16 bits per heavy atom. The van der Waals surface area contributed by atoms with Crippen LogP contribution < -0.4 is 20.3 Å². The summed E-state index contributed by atoms with van der Waals surface area (Å²) in [4.78, 5) is 24.9. The monoisotopic (exact) mass is 358 g/mol. The van der Waals surface area contributed by atoms with Crippen molar-refractivity contribution in [2.45, 2.75) is 39.8 Å². The number of hydrogen-bond acceptors (Lipinski definition) is 3. The molecule has 0 aliphatic heterocycles. The Labute approximate surface area is 146 Å². The van der Waals surface area contributed by atoms with E-state index in [-0.39, 0.29) is 41.9 Å². The van der Waals surface area contributed by atoms with Gasteiger partial charge in [-0.2, -0.15) is 8.78 Å². The summed E-state index contributed by atoms with van der Waals surface area (Å²) in [5, 5.41) is 5.40. The van der Waals surface area contributed by atoms with Crippen LogP contribution in [0.1, 0.15) is 27.7 Å². The molecule has 3 N–H and O–H groups in total. The number of nitrogens with one attached hydrogen (secondary N) is 3. The highest BCUT2D eigenvalue weighted by Crippen LogP contribution is 2.25. The standard InChI is InChI=1S/C17H25F2N3O3/c1-5-22(11-15(24)21-17(2,3)4)10-14(23)20-12-8-6-7-9-13(12)25-16(18)19/h6-9,16H,5,10-11H2,1-4H3,(H,20,23)(H,21,24)/p+1. The van der Waals surface area contributed by atoms with E-state index in [0.29, 0.717) is 6.54 Å². The van der Waals surface area contributed by atoms with Crippen LogP contribution in [0.5, 0.6) is 5.75 Å². The van der Waals surface area contributed by atoms with Crippen LogP contribution in [0, 0.1) is 0 Å². The maximum atomic E-state index is 12.4. The first-order valence-electron chi connectivity index (χ1n) is 8.09. The number of rotatable bonds is 8. The summed E-state index contributed by atoms with van der Waals surface area (Å²) < 4.78 is 29.2. The quantitative estimate of drug-likeness (QED) is 0.650. The van der Waals surface area contributed by atoms with Crippen LogP contribution in [0.2, 0.25) is 0 Å². The van der Waals surface area contributed by atoms with Crippen molar-refractivity contribution < 1.29 is 28.0 Å². The summed E-state index contributed by atoms with van der Waals surface area (Å²) in [6, 6.07) is 5.97. The van der Waals surface area contributed by atoms with Crippen molar-refractivity contribution in [1.82, 2.24) is 5.32 Å². The summed E-state index contributed by atoms with van der Waals surface area (Å²) in [6.45, 7) is 5.28. The van der Waals surface area contributed by atoms with Crippen LogP contribution in [-0.4, -0.2) is 43.6 Å². The molecule has 0 radical (unpaired) electrons. The zero-order valence-corrected chi connectivity index (χ0v) is 15.0. The highest BCUT2D eigenvalue weighted by molar-refractivity contribution is 5.93. The number of carbonyl (C=O) groups is 2. The molecule has 0 saturated heterocycles. The lowest BCUT2D eigenvalue weighted by Gasteiger charge is -2.23. The predicted molar refractivity (Wildman–Crippen MR) is 90.8 cm³/mol. The number of hydrogen-bond donors (Lipinski definition) is 3. The minimum Gasteiger partial charge on any atom is -0.433 e. The molecule has 1 aromatic rings. The first-order chi connectivity index (χ1) is 11.6. The third kappa shape index (κ3) is 8.44. The van der Waals surface area contributed by atoms with Gasteiger partial charge < -0.3 is 20.3 Å². The van der Waals surface area contributed by atoms with Crippen molar-refractivity contribution in [2.75, 3.05) is 25.0 Å². The van der Waals surface area contributed by atoms with Crippen molar-refractivity contribution in [3.05, 3.63) is 24.3 Å². The number of amides is 2. The minimum absolute atomic E-state index is 0.0388. The first-order valence-corrected chi connectivity index (χ1v) is 8.09. The van der Waals surface area contributed by atoms with E-state index in [0.717, 1.165) is 4.90 Å². The molecule has 0 bridgehead atoms. The second kappa shape index (κ2) is 9.31. The zero-order chi connectivity index (χ0) is 19.0. The van der Waals surface area contributed by atoms with Gasteiger partial charge in [0.05, 0.1) is 12.2 Å². The largest absolute Gasteiger partial charge is 0.433 e. The van der Waals surface area contributed by atoms with E-state index in [4.69, 9.17) is 0 Å². The van der Waals surface area contributed by atoms with Gasteiger partial charge in [-0.05, 0) is 39.8 Å². The molecule has 1 aromatic carbocycles. The number of anilines is 1. The molecular formula is C17H26F2N3O3+. The SMILES string of the molecule is CC[NH+](CC(=O)Nc1ccccc1OC(F)F)CC(=O)NC(C)(C)C. The summed E-state index contributed by atoms with van der Waals surface area (Å²) in [6.07, 6.45) is 0. The molecule has 0 spiro atoms. The number of ether oxygens (including phenoxy) is 1. The number of alkyl halides is 2. The van der Waals surface area contributed by atoms with Crippen molar-refractivity contribution in [3.63, 3.8) is 0 Å². The summed E-state index contributed by atoms with van der Waals surface area (Å²) in [7, 11) is 0. The van der Waals surface area contributed by atoms with Crippen molar-refractivity contribution in [1.29, 1.82) is 0 Å². The first kappa shape index (κ1) is 20.8. The van der Waals surface area contributed by atoms with Crippen LogP contribution in [0.15, 0.2) is 24.3 Å². The van der Waals surface area contributed by atoms with Crippen LogP contribution in [0.25, 0.3) is 0 Å². The van der Waals surface area contributed by atoms with E-state index >= 15 is 0 Å². The van der Waals surface area contributed by atoms with Crippen LogP contribution in [0.3, 0.4) is 0 Å². The van der Waals surface area contributed by atoms with Gasteiger partial charge in [0.15, 0.2) is 13.1 Å². The minimum atomic E-state index is -2.98. The van der Waals surface area contributed by atoms with E-state index < -0.39 is 6.61 Å². The van der Waals surface area contributed by atoms with Gasteiger partial charge in [-0.3, -0.25) is 9.59 Å². The van der Waals surface area contributed by atoms with Crippen LogP contribution in [0.4, 0.5) is 14.5 Å². The highest BCUT2D eigenvalue weighted by atomic mass is 19.3. The maximum absolute atomic E-state index is 12.4. The van der Waals surface area contributed by atoms with E-state index in [9.17, 15) is 18.4 Å². The predicted octanol–water partition coefficient (Wildman–Crippen LogP) is 1.05. The Bertz CT molecular complexity index is 589. The fourth-order valence-corrected chi connectivity index (χ4v) is 2.19. The maximum Gasteiger partial charge on any atom is 0.387 e. The third-order valence-corrected chi connectivity index (χ3v) is 3.21. The van der Waals surface area contributed by atoms with Crippen molar-refractivity contribution >= 4 is 17.5 Å². The van der Waals surface area contributed by atoms with Crippen molar-refractivity contribution in [2.24, 2.45) is 0 Å². The number of quaternary nitrogens is 1. The number of carbonyl (C=O) groups excluding carboxylic acids is 2. The van der Waals surface area contributed by atoms with Crippen LogP contribution >= 0.6 is 0 Å². The molecule has 0 aliphatic carbocycles. The summed E-state index contributed by atoms with van der Waals surface area (Å²) in [5.74, 6) is -0.640. The fraction of sp³-hybridized carbons (Fsp3) is 0.529. The lowest BCUT2D eigenvalue weighted by atomic mass is 10.1. The average molecular weight is 358 g/mol. The van der Waals surface area contributed by atoms with Gasteiger partial charge in [-0.15, -0.1) is 0 Å². The lowest BCUT2D eigenvalue weighted by Crippen LogP contribution is -3.14. The Morgan fingerprint density at radius 2 is 1.76 bits per heavy atom. The molecule has 2 amide bonds. The molecule has 1 unspecified atom stereocenters. The summed E-state index contributed by atoms with van der Waals surface area (Å²) in [5.41, 5.74) is -0.175. The lowest BCUT2D eigenvalue weighted by molar-refractivity contribution is -0.881. The molecule has 0 saturated carbocycles. The molecule has 0 aliphatic rings.